The van der Waals surface area contributed by atoms with Crippen molar-refractivity contribution >= 4 is 28.7 Å². The van der Waals surface area contributed by atoms with Gasteiger partial charge in [-0.25, -0.2) is 9.78 Å². The van der Waals surface area contributed by atoms with Gasteiger partial charge in [-0.3, -0.25) is 0 Å². The summed E-state index contributed by atoms with van der Waals surface area (Å²) in [6.45, 7) is 1.01. The quantitative estimate of drug-likeness (QED) is 0.502. The minimum absolute atomic E-state index is 0.0882. The largest absolute Gasteiger partial charge is 0.340 e. The van der Waals surface area contributed by atoms with Crippen LogP contribution in [0, 0.1) is 4.91 Å². The van der Waals surface area contributed by atoms with Gasteiger partial charge in [0.1, 0.15) is 0 Å². The van der Waals surface area contributed by atoms with Crippen LogP contribution in [-0.2, 0) is 6.54 Å². The summed E-state index contributed by atoms with van der Waals surface area (Å²) in [6.07, 6.45) is 1.71. The highest BCUT2D eigenvalue weighted by atomic mass is 35.5. The zero-order chi connectivity index (χ0) is 14.4. The minimum Gasteiger partial charge on any atom is -0.335 e. The highest BCUT2D eigenvalue weighted by Crippen LogP contribution is 2.10. The number of nitroso groups, excluding NO2 is 1. The van der Waals surface area contributed by atoms with E-state index in [9.17, 15) is 9.70 Å². The molecule has 1 aromatic heterocycles. The van der Waals surface area contributed by atoms with Crippen molar-refractivity contribution in [3.05, 3.63) is 35.5 Å². The molecule has 0 aliphatic heterocycles. The van der Waals surface area contributed by atoms with Crippen LogP contribution in [0.15, 0.2) is 35.9 Å². The predicted octanol–water partition coefficient (Wildman–Crippen LogP) is 1.97. The van der Waals surface area contributed by atoms with Crippen LogP contribution in [-0.4, -0.2) is 39.6 Å². The number of carbonyl (C=O) groups is 1. The van der Waals surface area contributed by atoms with Crippen LogP contribution < -0.4 is 5.32 Å². The first-order valence-corrected chi connectivity index (χ1v) is 6.64. The number of alkyl halides is 1. The van der Waals surface area contributed by atoms with Crippen molar-refractivity contribution in [1.29, 1.82) is 0 Å². The fraction of sp³-hybridized carbons (Fsp3) is 0.333. The van der Waals surface area contributed by atoms with Crippen molar-refractivity contribution in [2.45, 2.75) is 6.54 Å². The van der Waals surface area contributed by atoms with Gasteiger partial charge in [0.15, 0.2) is 0 Å². The third-order valence-electron chi connectivity index (χ3n) is 2.79. The van der Waals surface area contributed by atoms with Gasteiger partial charge in [0.05, 0.1) is 29.2 Å². The van der Waals surface area contributed by atoms with E-state index in [2.05, 4.69) is 15.6 Å². The summed E-state index contributed by atoms with van der Waals surface area (Å²) in [4.78, 5) is 26.3. The van der Waals surface area contributed by atoms with E-state index >= 15 is 0 Å². The van der Waals surface area contributed by atoms with Crippen molar-refractivity contribution in [2.75, 3.05) is 19.0 Å². The molecule has 106 valence electrons. The van der Waals surface area contributed by atoms with E-state index in [1.165, 1.54) is 0 Å². The lowest BCUT2D eigenvalue weighted by atomic mass is 10.3. The Hall–Kier alpha value is -2.15. The van der Waals surface area contributed by atoms with Crippen LogP contribution in [0.25, 0.3) is 11.0 Å². The summed E-state index contributed by atoms with van der Waals surface area (Å²) in [5.41, 5.74) is 1.89. The monoisotopic (exact) mass is 295 g/mol. The molecule has 0 atom stereocenters. The molecule has 0 unspecified atom stereocenters. The Bertz CT molecular complexity index is 600. The zero-order valence-electron chi connectivity index (χ0n) is 10.7. The average molecular weight is 296 g/mol. The molecule has 0 spiro atoms. The fourth-order valence-electron chi connectivity index (χ4n) is 1.82. The Morgan fingerprint density at radius 1 is 1.45 bits per heavy atom. The number of para-hydroxylation sites is 2. The molecule has 0 radical (unpaired) electrons. The molecule has 2 amide bonds. The second kappa shape index (κ2) is 6.85. The molecule has 0 saturated heterocycles. The number of nitrogens with one attached hydrogen (secondary N) is 1. The summed E-state index contributed by atoms with van der Waals surface area (Å²) < 4.78 is 1.93. The minimum atomic E-state index is -0.551. The molecule has 2 rings (SSSR count). The van der Waals surface area contributed by atoms with Crippen LogP contribution in [0.2, 0.25) is 0 Å². The maximum Gasteiger partial charge on any atom is 0.340 e. The molecule has 0 saturated carbocycles. The maximum absolute atomic E-state index is 11.6. The first-order valence-electron chi connectivity index (χ1n) is 6.10. The van der Waals surface area contributed by atoms with Gasteiger partial charge in [-0.15, -0.1) is 16.5 Å². The van der Waals surface area contributed by atoms with Gasteiger partial charge in [0, 0.05) is 19.0 Å². The lowest BCUT2D eigenvalue weighted by Gasteiger charge is -2.13. The first-order chi connectivity index (χ1) is 9.76. The van der Waals surface area contributed by atoms with Crippen molar-refractivity contribution < 1.29 is 4.79 Å². The Morgan fingerprint density at radius 2 is 2.25 bits per heavy atom. The number of rotatable bonds is 6. The molecular formula is C12H14ClN5O2. The fourth-order valence-corrected chi connectivity index (χ4v) is 1.98. The number of aromatic nitrogens is 2. The third kappa shape index (κ3) is 3.24. The lowest BCUT2D eigenvalue weighted by Crippen LogP contribution is -2.38. The number of imidazole rings is 1. The topological polar surface area (TPSA) is 79.6 Å². The number of hydrogen-bond donors (Lipinski definition) is 1. The van der Waals surface area contributed by atoms with Gasteiger partial charge < -0.3 is 9.88 Å². The number of carbonyl (C=O) groups excluding carboxylic acids is 1. The Morgan fingerprint density at radius 3 is 3.00 bits per heavy atom. The molecule has 1 aromatic carbocycles. The van der Waals surface area contributed by atoms with Crippen LogP contribution in [0.5, 0.6) is 0 Å². The summed E-state index contributed by atoms with van der Waals surface area (Å²) in [7, 11) is 0. The SMILES string of the molecule is O=NN(CCCl)C(=O)NCCn1cnc2ccccc21. The number of amides is 2. The number of halogens is 1. The second-order valence-corrected chi connectivity index (χ2v) is 4.43. The van der Waals surface area contributed by atoms with Crippen LogP contribution in [0.1, 0.15) is 0 Å². The van der Waals surface area contributed by atoms with Gasteiger partial charge >= 0.3 is 6.03 Å². The van der Waals surface area contributed by atoms with Crippen LogP contribution >= 0.6 is 11.6 Å². The van der Waals surface area contributed by atoms with E-state index in [0.717, 1.165) is 16.0 Å². The number of nitrogens with zero attached hydrogens (tertiary/aromatic N) is 4. The summed E-state index contributed by atoms with van der Waals surface area (Å²) in [5, 5.41) is 5.98. The standard InChI is InChI=1S/C12H14ClN5O2/c13-5-7-18(16-20)12(19)14-6-8-17-9-15-10-3-1-2-4-11(10)17/h1-4,9H,5-8H2,(H,14,19). The molecular weight excluding hydrogens is 282 g/mol. The molecule has 8 heteroatoms. The average Bonchev–Trinajstić information content (AvgIpc) is 2.88. The highest BCUT2D eigenvalue weighted by molar-refractivity contribution is 6.18. The summed E-state index contributed by atoms with van der Waals surface area (Å²) in [5.74, 6) is 0.158. The summed E-state index contributed by atoms with van der Waals surface area (Å²) in [6, 6.07) is 7.17. The van der Waals surface area contributed by atoms with Gasteiger partial charge in [-0.05, 0) is 12.1 Å². The van der Waals surface area contributed by atoms with E-state index in [1.54, 1.807) is 6.33 Å². The smallest absolute Gasteiger partial charge is 0.335 e. The first kappa shape index (κ1) is 14.3. The molecule has 1 heterocycles. The van der Waals surface area contributed by atoms with Crippen LogP contribution in [0.4, 0.5) is 4.79 Å². The number of benzene rings is 1. The normalized spacial score (nSPS) is 10.4. The van der Waals surface area contributed by atoms with Gasteiger partial charge in [0.2, 0.25) is 0 Å². The molecule has 2 aromatic rings. The van der Waals surface area contributed by atoms with Gasteiger partial charge in [-0.1, -0.05) is 12.1 Å². The molecule has 7 nitrogen and oxygen atoms in total. The van der Waals surface area contributed by atoms with E-state index in [0.29, 0.717) is 13.1 Å². The van der Waals surface area contributed by atoms with E-state index in [4.69, 9.17) is 11.6 Å². The molecule has 1 N–H and O–H groups in total. The second-order valence-electron chi connectivity index (χ2n) is 4.05. The molecule has 0 fully saturated rings. The summed E-state index contributed by atoms with van der Waals surface area (Å²) >= 11 is 5.47. The third-order valence-corrected chi connectivity index (χ3v) is 2.95. The van der Waals surface area contributed by atoms with Gasteiger partial charge in [0.25, 0.3) is 0 Å². The maximum atomic E-state index is 11.6. The number of hydrogen-bond acceptors (Lipinski definition) is 4. The Kier molecular flexibility index (Phi) is 4.89. The van der Waals surface area contributed by atoms with Gasteiger partial charge in [-0.2, -0.15) is 5.01 Å². The molecule has 0 bridgehead atoms. The molecule has 20 heavy (non-hydrogen) atoms. The van der Waals surface area contributed by atoms with Crippen molar-refractivity contribution in [3.8, 4) is 0 Å². The lowest BCUT2D eigenvalue weighted by molar-refractivity contribution is 0.202. The van der Waals surface area contributed by atoms with E-state index in [1.807, 2.05) is 28.8 Å². The molecule has 0 aliphatic carbocycles. The van der Waals surface area contributed by atoms with Crippen molar-refractivity contribution in [2.24, 2.45) is 5.29 Å². The van der Waals surface area contributed by atoms with Crippen molar-refractivity contribution in [1.82, 2.24) is 19.9 Å². The predicted molar refractivity (Wildman–Crippen MR) is 76.4 cm³/mol. The molecule has 0 aliphatic rings. The Balaban J connectivity index is 1.89. The highest BCUT2D eigenvalue weighted by Gasteiger charge is 2.12. The zero-order valence-corrected chi connectivity index (χ0v) is 11.5. The number of fused-ring (bicyclic) bond motifs is 1. The number of urea groups is 1. The van der Waals surface area contributed by atoms with Crippen molar-refractivity contribution in [3.63, 3.8) is 0 Å². The van der Waals surface area contributed by atoms with E-state index in [-0.39, 0.29) is 12.4 Å². The van der Waals surface area contributed by atoms with Crippen LogP contribution in [0.3, 0.4) is 0 Å². The Labute approximate surface area is 120 Å². The van der Waals surface area contributed by atoms with E-state index < -0.39 is 6.03 Å².